The molecule has 1 unspecified atom stereocenters. The van der Waals surface area contributed by atoms with Gasteiger partial charge in [0, 0.05) is 44.5 Å². The first-order valence-corrected chi connectivity index (χ1v) is 10.4. The lowest BCUT2D eigenvalue weighted by Crippen LogP contribution is -2.47. The predicted octanol–water partition coefficient (Wildman–Crippen LogP) is 1.03. The highest BCUT2D eigenvalue weighted by Gasteiger charge is 2.37. The van der Waals surface area contributed by atoms with Crippen molar-refractivity contribution >= 4 is 34.1 Å². The third-order valence-corrected chi connectivity index (χ3v) is 6.29. The zero-order chi connectivity index (χ0) is 19.5. The van der Waals surface area contributed by atoms with Crippen LogP contribution in [-0.4, -0.2) is 57.7 Å². The summed E-state index contributed by atoms with van der Waals surface area (Å²) in [6, 6.07) is 0.123. The minimum Gasteiger partial charge on any atom is -0.355 e. The molecule has 1 atom stereocenters. The van der Waals surface area contributed by atoms with Crippen molar-refractivity contribution in [2.24, 2.45) is 5.92 Å². The normalized spacial score (nSPS) is 20.6. The number of hydrogen-bond acceptors (Lipinski definition) is 8. The van der Waals surface area contributed by atoms with Crippen LogP contribution in [0.3, 0.4) is 0 Å². The molecule has 148 valence electrons. The van der Waals surface area contributed by atoms with E-state index in [4.69, 9.17) is 0 Å². The molecular weight excluding hydrogens is 378 g/mol. The molecule has 2 saturated heterocycles. The van der Waals surface area contributed by atoms with Gasteiger partial charge in [-0.25, -0.2) is 4.98 Å². The lowest BCUT2D eigenvalue weighted by Gasteiger charge is -2.33. The van der Waals surface area contributed by atoms with Gasteiger partial charge in [-0.2, -0.15) is 0 Å². The van der Waals surface area contributed by atoms with Crippen LogP contribution in [0.4, 0.5) is 10.9 Å². The number of rotatable bonds is 5. The summed E-state index contributed by atoms with van der Waals surface area (Å²) >= 11 is 1.42. The van der Waals surface area contributed by atoms with Crippen molar-refractivity contribution < 1.29 is 9.59 Å². The summed E-state index contributed by atoms with van der Waals surface area (Å²) in [5, 5.41) is 12.8. The van der Waals surface area contributed by atoms with Gasteiger partial charge in [-0.3, -0.25) is 19.5 Å². The van der Waals surface area contributed by atoms with Crippen LogP contribution >= 0.6 is 11.3 Å². The number of hydrogen-bond donors (Lipinski definition) is 1. The fourth-order valence-electron chi connectivity index (χ4n) is 3.59. The average molecular weight is 401 g/mol. The topological polar surface area (TPSA) is 104 Å². The Kier molecular flexibility index (Phi) is 5.47. The summed E-state index contributed by atoms with van der Waals surface area (Å²) in [4.78, 5) is 37.2. The highest BCUT2D eigenvalue weighted by Crippen LogP contribution is 2.28. The van der Waals surface area contributed by atoms with E-state index in [2.05, 4.69) is 30.4 Å². The van der Waals surface area contributed by atoms with Crippen LogP contribution in [0.15, 0.2) is 18.6 Å². The summed E-state index contributed by atoms with van der Waals surface area (Å²) in [6.07, 6.45) is 7.82. The summed E-state index contributed by atoms with van der Waals surface area (Å²) in [7, 11) is 0. The molecule has 0 aliphatic carbocycles. The summed E-state index contributed by atoms with van der Waals surface area (Å²) in [6.45, 7) is 4.03. The molecule has 10 heteroatoms. The van der Waals surface area contributed by atoms with Crippen molar-refractivity contribution in [1.29, 1.82) is 0 Å². The fraction of sp³-hybridized carbons (Fsp3) is 0.556. The molecule has 2 aromatic heterocycles. The molecule has 0 aromatic carbocycles. The standard InChI is InChI=1S/C18H23N7O2S/c1-2-15-22-23-18(28-15)25-11-12(9-16(25)26)17(27)21-13-3-7-24(8-4-13)14-10-19-5-6-20-14/h5-6,10,12-13H,2-4,7-9,11H2,1H3,(H,21,27). The molecule has 4 heterocycles. The van der Waals surface area contributed by atoms with Crippen LogP contribution in [0, 0.1) is 5.92 Å². The molecule has 2 amide bonds. The fourth-order valence-corrected chi connectivity index (χ4v) is 4.40. The predicted molar refractivity (Wildman–Crippen MR) is 105 cm³/mol. The molecule has 2 fully saturated rings. The van der Waals surface area contributed by atoms with E-state index in [9.17, 15) is 9.59 Å². The van der Waals surface area contributed by atoms with Gasteiger partial charge in [0.15, 0.2) is 0 Å². The third kappa shape index (κ3) is 3.96. The van der Waals surface area contributed by atoms with Crippen molar-refractivity contribution in [2.75, 3.05) is 29.4 Å². The molecule has 0 spiro atoms. The molecular formula is C18H23N7O2S. The van der Waals surface area contributed by atoms with Crippen LogP contribution in [0.2, 0.25) is 0 Å². The van der Waals surface area contributed by atoms with Gasteiger partial charge in [0.1, 0.15) is 10.8 Å². The molecule has 0 bridgehead atoms. The van der Waals surface area contributed by atoms with Crippen molar-refractivity contribution in [3.63, 3.8) is 0 Å². The Morgan fingerprint density at radius 3 is 2.79 bits per heavy atom. The minimum absolute atomic E-state index is 0.0472. The molecule has 2 aliphatic heterocycles. The molecule has 2 aromatic rings. The number of carbonyl (C=O) groups excluding carboxylic acids is 2. The van der Waals surface area contributed by atoms with Crippen LogP contribution in [0.25, 0.3) is 0 Å². The summed E-state index contributed by atoms with van der Waals surface area (Å²) in [5.41, 5.74) is 0. The lowest BCUT2D eigenvalue weighted by atomic mass is 10.0. The molecule has 0 saturated carbocycles. The largest absolute Gasteiger partial charge is 0.355 e. The van der Waals surface area contributed by atoms with Crippen LogP contribution in [-0.2, 0) is 16.0 Å². The van der Waals surface area contributed by atoms with Crippen molar-refractivity contribution in [3.8, 4) is 0 Å². The summed E-state index contributed by atoms with van der Waals surface area (Å²) < 4.78 is 0. The molecule has 4 rings (SSSR count). The van der Waals surface area contributed by atoms with E-state index < -0.39 is 0 Å². The molecule has 2 aliphatic rings. The molecule has 1 N–H and O–H groups in total. The second-order valence-electron chi connectivity index (χ2n) is 7.07. The minimum atomic E-state index is -0.334. The Hall–Kier alpha value is -2.62. The Bertz CT molecular complexity index is 835. The maximum Gasteiger partial charge on any atom is 0.229 e. The molecule has 28 heavy (non-hydrogen) atoms. The zero-order valence-electron chi connectivity index (χ0n) is 15.7. The lowest BCUT2D eigenvalue weighted by molar-refractivity contribution is -0.127. The first-order valence-electron chi connectivity index (χ1n) is 9.58. The second-order valence-corrected chi connectivity index (χ2v) is 8.11. The van der Waals surface area contributed by atoms with Gasteiger partial charge in [0.2, 0.25) is 16.9 Å². The molecule has 0 radical (unpaired) electrons. The number of anilines is 2. The Morgan fingerprint density at radius 1 is 1.29 bits per heavy atom. The van der Waals surface area contributed by atoms with Gasteiger partial charge >= 0.3 is 0 Å². The number of aromatic nitrogens is 4. The van der Waals surface area contributed by atoms with E-state index in [1.807, 2.05) is 6.92 Å². The number of nitrogens with zero attached hydrogens (tertiary/aromatic N) is 6. The van der Waals surface area contributed by atoms with E-state index in [0.717, 1.165) is 43.2 Å². The van der Waals surface area contributed by atoms with E-state index in [1.165, 1.54) is 11.3 Å². The Labute approximate surface area is 167 Å². The highest BCUT2D eigenvalue weighted by molar-refractivity contribution is 7.15. The van der Waals surface area contributed by atoms with E-state index in [0.29, 0.717) is 11.7 Å². The first kappa shape index (κ1) is 18.7. The number of aryl methyl sites for hydroxylation is 1. The van der Waals surface area contributed by atoms with Crippen LogP contribution in [0.5, 0.6) is 0 Å². The highest BCUT2D eigenvalue weighted by atomic mass is 32.1. The smallest absolute Gasteiger partial charge is 0.229 e. The SMILES string of the molecule is CCc1nnc(N2CC(C(=O)NC3CCN(c4cnccn4)CC3)CC2=O)s1. The third-order valence-electron chi connectivity index (χ3n) is 5.20. The quantitative estimate of drug-likeness (QED) is 0.798. The number of carbonyl (C=O) groups is 2. The van der Waals surface area contributed by atoms with Gasteiger partial charge < -0.3 is 10.2 Å². The average Bonchev–Trinajstić information content (AvgIpc) is 3.35. The zero-order valence-corrected chi connectivity index (χ0v) is 16.6. The second kappa shape index (κ2) is 8.17. The van der Waals surface area contributed by atoms with Crippen LogP contribution in [0.1, 0.15) is 31.2 Å². The van der Waals surface area contributed by atoms with Gasteiger partial charge in [-0.15, -0.1) is 10.2 Å². The summed E-state index contributed by atoms with van der Waals surface area (Å²) in [5.74, 6) is 0.428. The van der Waals surface area contributed by atoms with Crippen molar-refractivity contribution in [2.45, 2.75) is 38.6 Å². The van der Waals surface area contributed by atoms with E-state index >= 15 is 0 Å². The van der Waals surface area contributed by atoms with Gasteiger partial charge in [-0.05, 0) is 19.3 Å². The Balaban J connectivity index is 1.29. The first-order chi connectivity index (χ1) is 13.6. The van der Waals surface area contributed by atoms with Crippen molar-refractivity contribution in [3.05, 3.63) is 23.6 Å². The number of amides is 2. The van der Waals surface area contributed by atoms with Gasteiger partial charge in [0.25, 0.3) is 0 Å². The van der Waals surface area contributed by atoms with Gasteiger partial charge in [-0.1, -0.05) is 18.3 Å². The van der Waals surface area contributed by atoms with E-state index in [-0.39, 0.29) is 30.2 Å². The number of nitrogens with one attached hydrogen (secondary N) is 1. The number of piperidine rings is 1. The maximum absolute atomic E-state index is 12.7. The molecule has 9 nitrogen and oxygen atoms in total. The van der Waals surface area contributed by atoms with Gasteiger partial charge in [0.05, 0.1) is 12.1 Å². The van der Waals surface area contributed by atoms with E-state index in [1.54, 1.807) is 23.5 Å². The maximum atomic E-state index is 12.7. The Morgan fingerprint density at radius 2 is 2.11 bits per heavy atom. The van der Waals surface area contributed by atoms with Crippen LogP contribution < -0.4 is 15.1 Å². The van der Waals surface area contributed by atoms with Crippen molar-refractivity contribution in [1.82, 2.24) is 25.5 Å². The monoisotopic (exact) mass is 401 g/mol.